The summed E-state index contributed by atoms with van der Waals surface area (Å²) in [7, 11) is -3.78. The summed E-state index contributed by atoms with van der Waals surface area (Å²) in [6, 6.07) is 12.1. The van der Waals surface area contributed by atoms with Gasteiger partial charge in [-0.2, -0.15) is 4.31 Å². The molecular formula is C24H23Cl2NO3S. The van der Waals surface area contributed by atoms with Gasteiger partial charge in [0, 0.05) is 18.9 Å². The van der Waals surface area contributed by atoms with Crippen LogP contribution in [0.2, 0.25) is 10.0 Å². The van der Waals surface area contributed by atoms with Crippen LogP contribution in [-0.4, -0.2) is 30.6 Å². The fourth-order valence-electron chi connectivity index (χ4n) is 4.65. The Morgan fingerprint density at radius 1 is 1.13 bits per heavy atom. The maximum atomic E-state index is 13.6. The molecule has 4 nitrogen and oxygen atoms in total. The van der Waals surface area contributed by atoms with E-state index in [0.717, 1.165) is 16.7 Å². The summed E-state index contributed by atoms with van der Waals surface area (Å²) in [5.41, 5.74) is 1.69. The molecule has 0 bridgehead atoms. The number of carbonyl (C=O) groups is 1. The number of fused-ring (bicyclic) bond motifs is 1. The van der Waals surface area contributed by atoms with E-state index in [1.54, 1.807) is 42.5 Å². The smallest absolute Gasteiger partial charge is 0.243 e. The Morgan fingerprint density at radius 2 is 1.81 bits per heavy atom. The van der Waals surface area contributed by atoms with E-state index >= 15 is 0 Å². The number of ketones is 1. The van der Waals surface area contributed by atoms with Crippen LogP contribution in [0.5, 0.6) is 0 Å². The van der Waals surface area contributed by atoms with Crippen molar-refractivity contribution in [2.75, 3.05) is 6.54 Å². The minimum Gasteiger partial charge on any atom is -0.295 e. The summed E-state index contributed by atoms with van der Waals surface area (Å²) in [6.07, 6.45) is 3.49. The van der Waals surface area contributed by atoms with Gasteiger partial charge in [0.15, 0.2) is 5.78 Å². The van der Waals surface area contributed by atoms with Crippen molar-refractivity contribution in [1.29, 1.82) is 0 Å². The van der Waals surface area contributed by atoms with Crippen molar-refractivity contribution in [3.05, 3.63) is 82.4 Å². The predicted octanol–water partition coefficient (Wildman–Crippen LogP) is 5.54. The lowest BCUT2D eigenvalue weighted by Gasteiger charge is -2.38. The largest absolute Gasteiger partial charge is 0.295 e. The number of allylic oxidation sites excluding steroid dienone is 1. The second-order valence-electron chi connectivity index (χ2n) is 8.45. The number of rotatable bonds is 4. The molecule has 0 N–H and O–H groups in total. The summed E-state index contributed by atoms with van der Waals surface area (Å²) in [4.78, 5) is 12.5. The highest BCUT2D eigenvalue weighted by molar-refractivity contribution is 7.89. The first-order valence-corrected chi connectivity index (χ1v) is 12.2. The minimum absolute atomic E-state index is 0.0102. The number of aryl methyl sites for hydroxylation is 1. The highest BCUT2D eigenvalue weighted by atomic mass is 35.5. The molecule has 2 aromatic carbocycles. The van der Waals surface area contributed by atoms with Gasteiger partial charge >= 0.3 is 0 Å². The lowest BCUT2D eigenvalue weighted by molar-refractivity contribution is -0.116. The number of benzene rings is 2. The van der Waals surface area contributed by atoms with Crippen molar-refractivity contribution in [2.45, 2.75) is 30.7 Å². The third-order valence-electron chi connectivity index (χ3n) is 6.51. The molecule has 0 radical (unpaired) electrons. The summed E-state index contributed by atoms with van der Waals surface area (Å²) in [5.74, 6) is -0.479. The van der Waals surface area contributed by atoms with Crippen LogP contribution in [0.15, 0.2) is 66.1 Å². The Kier molecular flexibility index (Phi) is 5.67. The van der Waals surface area contributed by atoms with Crippen LogP contribution < -0.4 is 0 Å². The summed E-state index contributed by atoms with van der Waals surface area (Å²) < 4.78 is 28.8. The van der Waals surface area contributed by atoms with Gasteiger partial charge in [-0.15, -0.1) is 0 Å². The molecule has 31 heavy (non-hydrogen) atoms. The SMILES string of the molecule is C=C(c1ccc(Cl)c(Cl)c1)[C@@H]1CN(S(=O)(=O)c2ccc(C)cc2)[C@]2(C)C=CC(=O)C[C@H]12. The molecule has 1 heterocycles. The van der Waals surface area contributed by atoms with Crippen LogP contribution in [0.1, 0.15) is 24.5 Å². The van der Waals surface area contributed by atoms with E-state index in [1.807, 2.05) is 19.9 Å². The number of carbonyl (C=O) groups excluding carboxylic acids is 1. The highest BCUT2D eigenvalue weighted by Crippen LogP contribution is 2.50. The number of sulfonamides is 1. The van der Waals surface area contributed by atoms with Crippen LogP contribution in [0, 0.1) is 18.8 Å². The Bertz CT molecular complexity index is 1200. The molecule has 7 heteroatoms. The summed E-state index contributed by atoms with van der Waals surface area (Å²) >= 11 is 12.3. The van der Waals surface area contributed by atoms with Gasteiger partial charge in [0.25, 0.3) is 0 Å². The van der Waals surface area contributed by atoms with Crippen molar-refractivity contribution >= 4 is 44.6 Å². The molecule has 162 valence electrons. The molecular weight excluding hydrogens is 453 g/mol. The lowest BCUT2D eigenvalue weighted by atomic mass is 9.72. The molecule has 0 unspecified atom stereocenters. The molecule has 1 aliphatic heterocycles. The van der Waals surface area contributed by atoms with Gasteiger partial charge in [-0.1, -0.05) is 59.6 Å². The molecule has 0 saturated carbocycles. The van der Waals surface area contributed by atoms with Gasteiger partial charge in [0.05, 0.1) is 20.5 Å². The Labute approximate surface area is 193 Å². The Morgan fingerprint density at radius 3 is 2.45 bits per heavy atom. The molecule has 3 atom stereocenters. The van der Waals surface area contributed by atoms with Crippen molar-refractivity contribution in [2.24, 2.45) is 11.8 Å². The van der Waals surface area contributed by atoms with E-state index in [0.29, 0.717) is 10.0 Å². The average molecular weight is 476 g/mol. The molecule has 1 aliphatic carbocycles. The van der Waals surface area contributed by atoms with Crippen LogP contribution in [0.3, 0.4) is 0 Å². The second-order valence-corrected chi connectivity index (χ2v) is 11.1. The molecule has 0 aromatic heterocycles. The van der Waals surface area contributed by atoms with Crippen molar-refractivity contribution in [1.82, 2.24) is 4.31 Å². The van der Waals surface area contributed by atoms with Crippen LogP contribution in [-0.2, 0) is 14.8 Å². The van der Waals surface area contributed by atoms with Crippen molar-refractivity contribution < 1.29 is 13.2 Å². The number of hydrogen-bond acceptors (Lipinski definition) is 3. The molecule has 4 rings (SSSR count). The maximum Gasteiger partial charge on any atom is 0.243 e. The first-order chi connectivity index (χ1) is 14.5. The standard InChI is InChI=1S/C24H23Cl2NO3S/c1-15-4-7-19(8-5-15)31(29,30)27-14-20(21-13-18(28)10-11-24(21,27)3)16(2)17-6-9-22(25)23(26)12-17/h4-12,20-21H,2,13-14H2,1,3H3/t20-,21+,24+/m0/s1. The molecule has 1 saturated heterocycles. The van der Waals surface area contributed by atoms with Gasteiger partial charge in [0.1, 0.15) is 0 Å². The zero-order chi connectivity index (χ0) is 22.6. The number of nitrogens with zero attached hydrogens (tertiary/aromatic N) is 1. The molecule has 0 amide bonds. The van der Waals surface area contributed by atoms with E-state index in [1.165, 1.54) is 10.4 Å². The Balaban J connectivity index is 1.78. The van der Waals surface area contributed by atoms with Gasteiger partial charge in [0.2, 0.25) is 10.0 Å². The van der Waals surface area contributed by atoms with Gasteiger partial charge in [-0.3, -0.25) is 4.79 Å². The summed E-state index contributed by atoms with van der Waals surface area (Å²) in [6.45, 7) is 8.29. The molecule has 2 aliphatic rings. The first kappa shape index (κ1) is 22.3. The minimum atomic E-state index is -3.78. The van der Waals surface area contributed by atoms with Crippen LogP contribution in [0.25, 0.3) is 5.57 Å². The van der Waals surface area contributed by atoms with E-state index in [-0.39, 0.29) is 35.5 Å². The quantitative estimate of drug-likeness (QED) is 0.582. The van der Waals surface area contributed by atoms with Gasteiger partial charge < -0.3 is 0 Å². The van der Waals surface area contributed by atoms with Crippen molar-refractivity contribution in [3.63, 3.8) is 0 Å². The summed E-state index contributed by atoms with van der Waals surface area (Å²) in [5, 5.41) is 0.846. The van der Waals surface area contributed by atoms with E-state index in [2.05, 4.69) is 6.58 Å². The van der Waals surface area contributed by atoms with E-state index in [9.17, 15) is 13.2 Å². The molecule has 0 spiro atoms. The third kappa shape index (κ3) is 3.78. The molecule has 1 fully saturated rings. The van der Waals surface area contributed by atoms with Gasteiger partial charge in [-0.05, 0) is 61.2 Å². The lowest BCUT2D eigenvalue weighted by Crippen LogP contribution is -2.48. The normalized spacial score (nSPS) is 26.1. The fraction of sp³-hybridized carbons (Fsp3) is 0.292. The van der Waals surface area contributed by atoms with E-state index < -0.39 is 15.6 Å². The fourth-order valence-corrected chi connectivity index (χ4v) is 6.76. The topological polar surface area (TPSA) is 54.5 Å². The van der Waals surface area contributed by atoms with Crippen LogP contribution in [0.4, 0.5) is 0 Å². The zero-order valence-corrected chi connectivity index (χ0v) is 19.6. The maximum absolute atomic E-state index is 13.6. The van der Waals surface area contributed by atoms with E-state index in [4.69, 9.17) is 23.2 Å². The van der Waals surface area contributed by atoms with Gasteiger partial charge in [-0.25, -0.2) is 8.42 Å². The van der Waals surface area contributed by atoms with Crippen LogP contribution >= 0.6 is 23.2 Å². The monoisotopic (exact) mass is 475 g/mol. The Hall–Kier alpha value is -1.92. The number of hydrogen-bond donors (Lipinski definition) is 0. The molecule has 2 aromatic rings. The van der Waals surface area contributed by atoms with Crippen molar-refractivity contribution in [3.8, 4) is 0 Å². The third-order valence-corrected chi connectivity index (χ3v) is 9.24. The average Bonchev–Trinajstić information content (AvgIpc) is 3.03. The first-order valence-electron chi connectivity index (χ1n) is 10.00. The second kappa shape index (κ2) is 7.89. The zero-order valence-electron chi connectivity index (χ0n) is 17.3. The highest BCUT2D eigenvalue weighted by Gasteiger charge is 2.56. The number of halogens is 2. The predicted molar refractivity (Wildman–Crippen MR) is 125 cm³/mol.